The van der Waals surface area contributed by atoms with Gasteiger partial charge in [-0.2, -0.15) is 0 Å². The van der Waals surface area contributed by atoms with Crippen molar-refractivity contribution in [1.29, 1.82) is 0 Å². The van der Waals surface area contributed by atoms with Gasteiger partial charge in [-0.05, 0) is 71.7 Å². The highest BCUT2D eigenvalue weighted by Crippen LogP contribution is 2.39. The van der Waals surface area contributed by atoms with E-state index in [9.17, 15) is 8.42 Å². The Morgan fingerprint density at radius 3 is 2.65 bits per heavy atom. The number of nitrogens with two attached hydrogens (primary N) is 1. The van der Waals surface area contributed by atoms with Crippen LogP contribution in [0.15, 0.2) is 76.7 Å². The fourth-order valence-electron chi connectivity index (χ4n) is 3.79. The third kappa shape index (κ3) is 3.30. The minimum absolute atomic E-state index is 0.141. The van der Waals surface area contributed by atoms with Crippen molar-refractivity contribution in [3.05, 3.63) is 88.5 Å². The smallest absolute Gasteiger partial charge is 0.225 e. The van der Waals surface area contributed by atoms with Crippen molar-refractivity contribution < 1.29 is 8.42 Å². The molecular formula is C22H21NO2S. The Balaban J connectivity index is 1.91. The fraction of sp³-hybridized carbons (Fsp3) is 0.182. The molecule has 0 saturated carbocycles. The Labute approximate surface area is 154 Å². The van der Waals surface area contributed by atoms with Crippen LogP contribution in [0.5, 0.6) is 0 Å². The summed E-state index contributed by atoms with van der Waals surface area (Å²) in [5.41, 5.74) is 7.33. The van der Waals surface area contributed by atoms with Crippen molar-refractivity contribution in [3.8, 4) is 0 Å². The zero-order valence-electron chi connectivity index (χ0n) is 14.5. The first-order valence-corrected chi connectivity index (χ1v) is 10.4. The van der Waals surface area contributed by atoms with E-state index in [1.54, 1.807) is 12.1 Å². The van der Waals surface area contributed by atoms with Gasteiger partial charge in [0.1, 0.15) is 0 Å². The van der Waals surface area contributed by atoms with Crippen LogP contribution in [0, 0.1) is 0 Å². The Kier molecular flexibility index (Phi) is 4.39. The molecule has 0 amide bonds. The van der Waals surface area contributed by atoms with Gasteiger partial charge in [-0.15, -0.1) is 0 Å². The number of fused-ring (bicyclic) bond motifs is 1. The summed E-state index contributed by atoms with van der Waals surface area (Å²) in [4.78, 5) is 0.141. The van der Waals surface area contributed by atoms with Crippen LogP contribution < -0.4 is 5.14 Å². The summed E-state index contributed by atoms with van der Waals surface area (Å²) in [6.45, 7) is 0. The summed E-state index contributed by atoms with van der Waals surface area (Å²) in [5, 5.41) is 5.30. The summed E-state index contributed by atoms with van der Waals surface area (Å²) >= 11 is 0. The average Bonchev–Trinajstić information content (AvgIpc) is 2.79. The van der Waals surface area contributed by atoms with E-state index >= 15 is 0 Å². The molecule has 2 aliphatic rings. The second-order valence-corrected chi connectivity index (χ2v) is 8.35. The van der Waals surface area contributed by atoms with Gasteiger partial charge in [0.25, 0.3) is 0 Å². The third-order valence-corrected chi connectivity index (χ3v) is 5.98. The van der Waals surface area contributed by atoms with Crippen LogP contribution in [0.2, 0.25) is 0 Å². The summed E-state index contributed by atoms with van der Waals surface area (Å²) in [7, 11) is -3.71. The Hall–Kier alpha value is -2.43. The van der Waals surface area contributed by atoms with Crippen LogP contribution in [0.1, 0.15) is 36.0 Å². The molecule has 0 radical (unpaired) electrons. The van der Waals surface area contributed by atoms with Crippen molar-refractivity contribution in [1.82, 2.24) is 0 Å². The van der Waals surface area contributed by atoms with E-state index in [0.29, 0.717) is 0 Å². The zero-order chi connectivity index (χ0) is 18.1. The van der Waals surface area contributed by atoms with E-state index in [0.717, 1.165) is 36.8 Å². The standard InChI is InChI=1S/C22H21NO2S/c23-26(24,25)19-9-5-6-16(14-19)15-22-20-10-3-1-7-17(20)12-13-18-8-2-4-11-21(18)22/h1,3-7,9-11,14-15H,2,8,12-13H2,(H2,23,24,25)/b22-15-. The summed E-state index contributed by atoms with van der Waals surface area (Å²) in [6.07, 6.45) is 10.8. The predicted molar refractivity (Wildman–Crippen MR) is 106 cm³/mol. The molecule has 0 bridgehead atoms. The SMILES string of the molecule is NS(=O)(=O)c1cccc(/C=C2\C3=C(CCC=C3)CCc3ccccc32)c1. The maximum absolute atomic E-state index is 11.7. The molecule has 0 aliphatic heterocycles. The van der Waals surface area contributed by atoms with Crippen LogP contribution >= 0.6 is 0 Å². The molecule has 2 aliphatic carbocycles. The zero-order valence-corrected chi connectivity index (χ0v) is 15.3. The molecule has 0 atom stereocenters. The van der Waals surface area contributed by atoms with Crippen LogP contribution in [-0.2, 0) is 16.4 Å². The summed E-state index contributed by atoms with van der Waals surface area (Å²) in [5.74, 6) is 0. The number of rotatable bonds is 2. The average molecular weight is 363 g/mol. The first-order chi connectivity index (χ1) is 12.5. The van der Waals surface area contributed by atoms with Crippen molar-refractivity contribution >= 4 is 21.7 Å². The lowest BCUT2D eigenvalue weighted by atomic mass is 9.88. The normalized spacial score (nSPS) is 18.4. The first kappa shape index (κ1) is 17.0. The first-order valence-electron chi connectivity index (χ1n) is 8.84. The highest BCUT2D eigenvalue weighted by atomic mass is 32.2. The molecule has 2 aromatic rings. The molecule has 0 fully saturated rings. The van der Waals surface area contributed by atoms with Gasteiger partial charge in [0.2, 0.25) is 10.0 Å². The molecule has 0 unspecified atom stereocenters. The number of hydrogen-bond acceptors (Lipinski definition) is 2. The van der Waals surface area contributed by atoms with E-state index in [2.05, 4.69) is 42.5 Å². The number of hydrogen-bond donors (Lipinski definition) is 1. The largest absolute Gasteiger partial charge is 0.238 e. The Morgan fingerprint density at radius 2 is 1.81 bits per heavy atom. The molecule has 2 aromatic carbocycles. The van der Waals surface area contributed by atoms with E-state index < -0.39 is 10.0 Å². The number of allylic oxidation sites excluding steroid dienone is 5. The molecule has 0 spiro atoms. The molecule has 4 rings (SSSR count). The second-order valence-electron chi connectivity index (χ2n) is 6.79. The van der Waals surface area contributed by atoms with Gasteiger partial charge in [-0.1, -0.05) is 54.1 Å². The van der Waals surface area contributed by atoms with Crippen LogP contribution in [0.3, 0.4) is 0 Å². The lowest BCUT2D eigenvalue weighted by Gasteiger charge is -2.17. The van der Waals surface area contributed by atoms with Gasteiger partial charge >= 0.3 is 0 Å². The highest BCUT2D eigenvalue weighted by molar-refractivity contribution is 7.89. The van der Waals surface area contributed by atoms with Crippen molar-refractivity contribution in [3.63, 3.8) is 0 Å². The molecule has 2 N–H and O–H groups in total. The van der Waals surface area contributed by atoms with Crippen molar-refractivity contribution in [2.24, 2.45) is 5.14 Å². The molecule has 132 valence electrons. The Bertz CT molecular complexity index is 1060. The lowest BCUT2D eigenvalue weighted by molar-refractivity contribution is 0.598. The number of aryl methyl sites for hydroxylation is 1. The molecule has 4 heteroatoms. The molecule has 0 heterocycles. The maximum Gasteiger partial charge on any atom is 0.238 e. The van der Waals surface area contributed by atoms with Gasteiger partial charge in [-0.25, -0.2) is 13.6 Å². The van der Waals surface area contributed by atoms with E-state index in [4.69, 9.17) is 5.14 Å². The maximum atomic E-state index is 11.7. The fourth-order valence-corrected chi connectivity index (χ4v) is 4.35. The molecule has 3 nitrogen and oxygen atoms in total. The number of benzene rings is 2. The minimum atomic E-state index is -3.71. The molecule has 0 aromatic heterocycles. The lowest BCUT2D eigenvalue weighted by Crippen LogP contribution is -2.11. The topological polar surface area (TPSA) is 60.2 Å². The van der Waals surface area contributed by atoms with Crippen LogP contribution in [0.4, 0.5) is 0 Å². The van der Waals surface area contributed by atoms with Crippen LogP contribution in [0.25, 0.3) is 11.6 Å². The summed E-state index contributed by atoms with van der Waals surface area (Å²) < 4.78 is 23.4. The predicted octanol–water partition coefficient (Wildman–Crippen LogP) is 4.47. The van der Waals surface area contributed by atoms with Gasteiger partial charge < -0.3 is 0 Å². The molecule has 0 saturated heterocycles. The van der Waals surface area contributed by atoms with Gasteiger partial charge in [0.15, 0.2) is 0 Å². The molecule has 26 heavy (non-hydrogen) atoms. The quantitative estimate of drug-likeness (QED) is 0.856. The second kappa shape index (κ2) is 6.71. The third-order valence-electron chi connectivity index (χ3n) is 5.07. The highest BCUT2D eigenvalue weighted by Gasteiger charge is 2.20. The number of sulfonamides is 1. The van der Waals surface area contributed by atoms with Gasteiger partial charge in [0, 0.05) is 0 Å². The van der Waals surface area contributed by atoms with E-state index in [1.165, 1.54) is 28.3 Å². The molecular weight excluding hydrogens is 342 g/mol. The van der Waals surface area contributed by atoms with Crippen molar-refractivity contribution in [2.45, 2.75) is 30.6 Å². The van der Waals surface area contributed by atoms with Crippen molar-refractivity contribution in [2.75, 3.05) is 0 Å². The minimum Gasteiger partial charge on any atom is -0.225 e. The van der Waals surface area contributed by atoms with Gasteiger partial charge in [0.05, 0.1) is 4.90 Å². The van der Waals surface area contributed by atoms with E-state index in [-0.39, 0.29) is 4.90 Å². The number of primary sulfonamides is 1. The monoisotopic (exact) mass is 363 g/mol. The summed E-state index contributed by atoms with van der Waals surface area (Å²) in [6, 6.07) is 15.3. The Morgan fingerprint density at radius 1 is 0.962 bits per heavy atom. The van der Waals surface area contributed by atoms with Crippen LogP contribution in [-0.4, -0.2) is 8.42 Å². The van der Waals surface area contributed by atoms with E-state index in [1.807, 2.05) is 6.07 Å². The van der Waals surface area contributed by atoms with Gasteiger partial charge in [-0.3, -0.25) is 0 Å².